The van der Waals surface area contributed by atoms with Crippen LogP contribution in [0.1, 0.15) is 31.4 Å². The first-order chi connectivity index (χ1) is 20.5. The molecular formula is C30H39F3N6O3S. The zero-order valence-electron chi connectivity index (χ0n) is 24.4. The molecule has 5 N–H and O–H groups in total. The molecule has 2 aliphatic rings. The normalized spacial score (nSPS) is 18.4. The molecule has 2 aliphatic heterocycles. The van der Waals surface area contributed by atoms with Gasteiger partial charge in [-0.2, -0.15) is 0 Å². The number of thioether (sulfide) groups is 1. The number of hydrogen-bond donors (Lipinski definition) is 4. The minimum atomic E-state index is -1.29. The maximum atomic E-state index is 14.0. The summed E-state index contributed by atoms with van der Waals surface area (Å²) in [5.74, 6) is -3.35. The third kappa shape index (κ3) is 8.64. The zero-order valence-corrected chi connectivity index (χ0v) is 25.2. The summed E-state index contributed by atoms with van der Waals surface area (Å²) in [6.07, 6.45) is -0.328. The maximum Gasteiger partial charge on any atom is 0.253 e. The third-order valence-corrected chi connectivity index (χ3v) is 8.75. The lowest BCUT2D eigenvalue weighted by Gasteiger charge is -2.33. The topological polar surface area (TPSA) is 120 Å². The summed E-state index contributed by atoms with van der Waals surface area (Å²) in [5, 5.41) is 8.76. The van der Waals surface area contributed by atoms with Gasteiger partial charge in [-0.05, 0) is 41.7 Å². The molecule has 2 heterocycles. The van der Waals surface area contributed by atoms with Gasteiger partial charge in [0, 0.05) is 69.2 Å². The SMILES string of the molecule is CC(C)C(Nc1ccc(CNC(=O)[C@@H]2SCCN2C(=O)CC(N)Cc2cc(F)c(F)cc2F)cc1)C(=O)N1CCNCC1. The molecule has 2 aromatic carbocycles. The highest BCUT2D eigenvalue weighted by Crippen LogP contribution is 2.26. The molecular weight excluding hydrogens is 581 g/mol. The molecule has 13 heteroatoms. The molecule has 9 nitrogen and oxygen atoms in total. The van der Waals surface area contributed by atoms with Crippen LogP contribution in [0.3, 0.4) is 0 Å². The van der Waals surface area contributed by atoms with Gasteiger partial charge < -0.3 is 31.5 Å². The molecule has 0 bridgehead atoms. The van der Waals surface area contributed by atoms with E-state index in [4.69, 9.17) is 5.73 Å². The van der Waals surface area contributed by atoms with E-state index in [-0.39, 0.29) is 54.6 Å². The number of benzene rings is 2. The van der Waals surface area contributed by atoms with Crippen LogP contribution in [-0.2, 0) is 27.3 Å². The van der Waals surface area contributed by atoms with Crippen LogP contribution in [0, 0.1) is 23.4 Å². The van der Waals surface area contributed by atoms with Crippen molar-refractivity contribution in [1.82, 2.24) is 20.4 Å². The summed E-state index contributed by atoms with van der Waals surface area (Å²) < 4.78 is 40.7. The van der Waals surface area contributed by atoms with Gasteiger partial charge in [-0.1, -0.05) is 26.0 Å². The lowest BCUT2D eigenvalue weighted by Crippen LogP contribution is -2.52. The number of amides is 3. The summed E-state index contributed by atoms with van der Waals surface area (Å²) in [6, 6.07) is 7.51. The minimum absolute atomic E-state index is 0.0819. The van der Waals surface area contributed by atoms with Crippen LogP contribution >= 0.6 is 11.8 Å². The van der Waals surface area contributed by atoms with Crippen molar-refractivity contribution in [3.8, 4) is 0 Å². The Balaban J connectivity index is 1.27. The number of carbonyl (C=O) groups excluding carboxylic acids is 3. The first-order valence-corrected chi connectivity index (χ1v) is 15.5. The van der Waals surface area contributed by atoms with Gasteiger partial charge in [-0.15, -0.1) is 11.8 Å². The van der Waals surface area contributed by atoms with E-state index in [1.807, 2.05) is 43.0 Å². The standard InChI is InChI=1S/C30H39F3N6O3S/c1-18(2)27(29(42)38-9-7-35-8-10-38)37-22-5-3-19(4-6-22)17-36-28(41)30-39(11-12-43-30)26(40)15-21(34)13-20-14-24(32)25(33)16-23(20)31/h3-6,14,16,18,21,27,30,35,37H,7-13,15,17,34H2,1-2H3,(H,36,41)/t21?,27?,30-/m0/s1. The highest BCUT2D eigenvalue weighted by molar-refractivity contribution is 8.00. The number of hydrogen-bond acceptors (Lipinski definition) is 7. The Morgan fingerprint density at radius 3 is 2.37 bits per heavy atom. The van der Waals surface area contributed by atoms with E-state index in [9.17, 15) is 27.6 Å². The summed E-state index contributed by atoms with van der Waals surface area (Å²) >= 11 is 1.34. The zero-order chi connectivity index (χ0) is 31.1. The maximum absolute atomic E-state index is 14.0. The van der Waals surface area contributed by atoms with Crippen molar-refractivity contribution >= 4 is 35.2 Å². The highest BCUT2D eigenvalue weighted by atomic mass is 32.2. The second-order valence-electron chi connectivity index (χ2n) is 11.2. The molecule has 0 aromatic heterocycles. The highest BCUT2D eigenvalue weighted by Gasteiger charge is 2.35. The van der Waals surface area contributed by atoms with E-state index in [1.165, 1.54) is 16.7 Å². The van der Waals surface area contributed by atoms with Crippen molar-refractivity contribution in [3.05, 3.63) is 65.0 Å². The minimum Gasteiger partial charge on any atom is -0.373 e. The molecule has 2 saturated heterocycles. The van der Waals surface area contributed by atoms with Gasteiger partial charge in [0.2, 0.25) is 11.8 Å². The molecule has 2 unspecified atom stereocenters. The number of nitrogens with two attached hydrogens (primary N) is 1. The Kier molecular flexibility index (Phi) is 11.3. The summed E-state index contributed by atoms with van der Waals surface area (Å²) in [5.41, 5.74) is 7.58. The number of nitrogens with zero attached hydrogens (tertiary/aromatic N) is 2. The van der Waals surface area contributed by atoms with Gasteiger partial charge in [0.15, 0.2) is 17.0 Å². The summed E-state index contributed by atoms with van der Waals surface area (Å²) in [4.78, 5) is 42.3. The fourth-order valence-corrected chi connectivity index (χ4v) is 6.29. The number of nitrogens with one attached hydrogen (secondary N) is 3. The van der Waals surface area contributed by atoms with Gasteiger partial charge in [0.1, 0.15) is 11.9 Å². The van der Waals surface area contributed by atoms with Crippen molar-refractivity contribution in [3.63, 3.8) is 0 Å². The first kappa shape index (κ1) is 32.6. The molecule has 3 atom stereocenters. The Morgan fingerprint density at radius 2 is 1.70 bits per heavy atom. The lowest BCUT2D eigenvalue weighted by molar-refractivity contribution is -0.136. The fraction of sp³-hybridized carbons (Fsp3) is 0.500. The molecule has 0 saturated carbocycles. The Bertz CT molecular complexity index is 1290. The smallest absolute Gasteiger partial charge is 0.253 e. The quantitative estimate of drug-likeness (QED) is 0.285. The molecule has 0 radical (unpaired) electrons. The second kappa shape index (κ2) is 14.9. The van der Waals surface area contributed by atoms with Crippen LogP contribution in [0.25, 0.3) is 0 Å². The van der Waals surface area contributed by atoms with Crippen molar-refractivity contribution in [1.29, 1.82) is 0 Å². The average Bonchev–Trinajstić information content (AvgIpc) is 3.48. The molecule has 43 heavy (non-hydrogen) atoms. The van der Waals surface area contributed by atoms with Crippen LogP contribution in [0.2, 0.25) is 0 Å². The second-order valence-corrected chi connectivity index (χ2v) is 12.4. The number of carbonyl (C=O) groups is 3. The number of rotatable bonds is 11. The van der Waals surface area contributed by atoms with Crippen LogP contribution in [-0.4, -0.2) is 83.5 Å². The van der Waals surface area contributed by atoms with Crippen LogP contribution in [0.5, 0.6) is 0 Å². The molecule has 3 amide bonds. The third-order valence-electron chi connectivity index (χ3n) is 7.55. The first-order valence-electron chi connectivity index (χ1n) is 14.5. The van der Waals surface area contributed by atoms with Crippen molar-refractivity contribution in [2.24, 2.45) is 11.7 Å². The fourth-order valence-electron chi connectivity index (χ4n) is 5.13. The lowest BCUT2D eigenvalue weighted by atomic mass is 10.0. The van der Waals surface area contributed by atoms with Gasteiger partial charge in [0.05, 0.1) is 0 Å². The molecule has 2 aromatic rings. The predicted molar refractivity (Wildman–Crippen MR) is 161 cm³/mol. The molecule has 234 valence electrons. The van der Waals surface area contributed by atoms with Crippen molar-refractivity contribution in [2.75, 3.05) is 43.8 Å². The van der Waals surface area contributed by atoms with E-state index < -0.39 is 28.9 Å². The van der Waals surface area contributed by atoms with E-state index in [2.05, 4.69) is 16.0 Å². The Morgan fingerprint density at radius 1 is 1.02 bits per heavy atom. The monoisotopic (exact) mass is 620 g/mol. The van der Waals surface area contributed by atoms with E-state index in [0.29, 0.717) is 31.5 Å². The van der Waals surface area contributed by atoms with Crippen molar-refractivity contribution in [2.45, 2.75) is 50.7 Å². The van der Waals surface area contributed by atoms with Gasteiger partial charge >= 0.3 is 0 Å². The molecule has 4 rings (SSSR count). The van der Waals surface area contributed by atoms with Gasteiger partial charge in [-0.3, -0.25) is 14.4 Å². The van der Waals surface area contributed by atoms with Crippen LogP contribution in [0.15, 0.2) is 36.4 Å². The van der Waals surface area contributed by atoms with Gasteiger partial charge in [-0.25, -0.2) is 13.2 Å². The molecule has 2 fully saturated rings. The van der Waals surface area contributed by atoms with Crippen LogP contribution in [0.4, 0.5) is 18.9 Å². The Labute approximate surface area is 254 Å². The van der Waals surface area contributed by atoms with Crippen LogP contribution < -0.4 is 21.7 Å². The van der Waals surface area contributed by atoms with Crippen molar-refractivity contribution < 1.29 is 27.6 Å². The molecule has 0 spiro atoms. The van der Waals surface area contributed by atoms with E-state index in [1.54, 1.807) is 0 Å². The Hall–Kier alpha value is -3.29. The molecule has 0 aliphatic carbocycles. The number of halogens is 3. The number of anilines is 1. The van der Waals surface area contributed by atoms with Gasteiger partial charge in [0.25, 0.3) is 5.91 Å². The average molecular weight is 621 g/mol. The van der Waals surface area contributed by atoms with E-state index >= 15 is 0 Å². The summed E-state index contributed by atoms with van der Waals surface area (Å²) in [7, 11) is 0. The summed E-state index contributed by atoms with van der Waals surface area (Å²) in [6.45, 7) is 7.59. The van der Waals surface area contributed by atoms with E-state index in [0.717, 1.165) is 30.4 Å². The number of piperazine rings is 1. The largest absolute Gasteiger partial charge is 0.373 e. The predicted octanol–water partition coefficient (Wildman–Crippen LogP) is 2.45.